The lowest BCUT2D eigenvalue weighted by molar-refractivity contribution is 0.184. The van der Waals surface area contributed by atoms with Crippen LogP contribution in [-0.2, 0) is 11.3 Å². The van der Waals surface area contributed by atoms with Crippen molar-refractivity contribution in [3.05, 3.63) is 24.1 Å². The van der Waals surface area contributed by atoms with Crippen LogP contribution in [0.5, 0.6) is 5.75 Å². The summed E-state index contributed by atoms with van der Waals surface area (Å²) in [6.45, 7) is 3.48. The maximum atomic E-state index is 5.66. The number of methoxy groups -OCH3 is 2. The average molecular weight is 264 g/mol. The molecule has 0 spiro atoms. The molecule has 0 amide bonds. The first kappa shape index (κ1) is 13.8. The first-order valence-electron chi connectivity index (χ1n) is 6.38. The minimum atomic E-state index is 0.365. The van der Waals surface area contributed by atoms with Crippen LogP contribution in [0, 0.1) is 0 Å². The Morgan fingerprint density at radius 2 is 2.21 bits per heavy atom. The normalized spacial score (nSPS) is 12.8. The Bertz CT molecular complexity index is 524. The first-order chi connectivity index (χ1) is 9.22. The van der Waals surface area contributed by atoms with Crippen molar-refractivity contribution >= 4 is 11.1 Å². The van der Waals surface area contributed by atoms with Crippen molar-refractivity contribution < 1.29 is 13.9 Å². The Kier molecular flexibility index (Phi) is 4.76. The molecule has 1 aromatic heterocycles. The molecule has 5 heteroatoms. The van der Waals surface area contributed by atoms with Crippen molar-refractivity contribution in [2.75, 3.05) is 20.8 Å². The van der Waals surface area contributed by atoms with Crippen LogP contribution in [-0.4, -0.2) is 31.9 Å². The van der Waals surface area contributed by atoms with Crippen LogP contribution >= 0.6 is 0 Å². The predicted molar refractivity (Wildman–Crippen MR) is 73.4 cm³/mol. The van der Waals surface area contributed by atoms with Crippen molar-refractivity contribution in [1.29, 1.82) is 0 Å². The molecule has 5 nitrogen and oxygen atoms in total. The predicted octanol–water partition coefficient (Wildman–Crippen LogP) is 2.35. The molecule has 0 aliphatic heterocycles. The second kappa shape index (κ2) is 6.54. The molecule has 1 unspecified atom stereocenters. The van der Waals surface area contributed by atoms with Crippen LogP contribution in [0.15, 0.2) is 22.6 Å². The van der Waals surface area contributed by atoms with Crippen LogP contribution in [0.1, 0.15) is 19.2 Å². The number of benzene rings is 1. The molecule has 0 aliphatic carbocycles. The molecule has 0 saturated heterocycles. The van der Waals surface area contributed by atoms with E-state index in [0.717, 1.165) is 29.9 Å². The minimum absolute atomic E-state index is 0.365. The van der Waals surface area contributed by atoms with Gasteiger partial charge < -0.3 is 19.2 Å². The second-order valence-corrected chi connectivity index (χ2v) is 4.50. The highest BCUT2D eigenvalue weighted by Gasteiger charge is 2.08. The first-order valence-corrected chi connectivity index (χ1v) is 6.38. The van der Waals surface area contributed by atoms with E-state index in [9.17, 15) is 0 Å². The highest BCUT2D eigenvalue weighted by molar-refractivity contribution is 5.74. The van der Waals surface area contributed by atoms with E-state index in [1.54, 1.807) is 14.2 Å². The number of oxazole rings is 1. The molecule has 0 fully saturated rings. The zero-order chi connectivity index (χ0) is 13.7. The quantitative estimate of drug-likeness (QED) is 0.832. The molecule has 104 valence electrons. The van der Waals surface area contributed by atoms with Gasteiger partial charge in [-0.05, 0) is 25.5 Å². The van der Waals surface area contributed by atoms with Gasteiger partial charge in [-0.3, -0.25) is 0 Å². The zero-order valence-electron chi connectivity index (χ0n) is 11.6. The zero-order valence-corrected chi connectivity index (χ0v) is 11.6. The van der Waals surface area contributed by atoms with Gasteiger partial charge in [0, 0.05) is 25.8 Å². The van der Waals surface area contributed by atoms with E-state index in [4.69, 9.17) is 13.9 Å². The number of ether oxygens (including phenoxy) is 2. The topological polar surface area (TPSA) is 56.5 Å². The van der Waals surface area contributed by atoms with Crippen molar-refractivity contribution in [3.8, 4) is 5.75 Å². The fourth-order valence-corrected chi connectivity index (χ4v) is 1.82. The molecule has 0 radical (unpaired) electrons. The van der Waals surface area contributed by atoms with Crippen molar-refractivity contribution in [1.82, 2.24) is 10.3 Å². The minimum Gasteiger partial charge on any atom is -0.497 e. The van der Waals surface area contributed by atoms with E-state index < -0.39 is 0 Å². The van der Waals surface area contributed by atoms with Gasteiger partial charge in [0.25, 0.3) is 0 Å². The van der Waals surface area contributed by atoms with E-state index >= 15 is 0 Å². The number of hydrogen-bond acceptors (Lipinski definition) is 5. The summed E-state index contributed by atoms with van der Waals surface area (Å²) in [5, 5.41) is 3.36. The number of fused-ring (bicyclic) bond motifs is 1. The van der Waals surface area contributed by atoms with E-state index in [1.807, 2.05) is 18.2 Å². The van der Waals surface area contributed by atoms with Gasteiger partial charge in [0.2, 0.25) is 5.89 Å². The molecule has 0 aliphatic rings. The van der Waals surface area contributed by atoms with Crippen LogP contribution in [0.3, 0.4) is 0 Å². The fraction of sp³-hybridized carbons (Fsp3) is 0.500. The largest absolute Gasteiger partial charge is 0.497 e. The van der Waals surface area contributed by atoms with Gasteiger partial charge in [0.05, 0.1) is 13.7 Å². The summed E-state index contributed by atoms with van der Waals surface area (Å²) in [5.41, 5.74) is 1.60. The summed E-state index contributed by atoms with van der Waals surface area (Å²) in [6.07, 6.45) is 0.963. The molecule has 2 aromatic rings. The Morgan fingerprint density at radius 1 is 1.37 bits per heavy atom. The SMILES string of the molecule is COCCC(C)NCc1nc2cc(OC)ccc2o1. The lowest BCUT2D eigenvalue weighted by atomic mass is 10.2. The van der Waals surface area contributed by atoms with E-state index in [1.165, 1.54) is 0 Å². The third-order valence-electron chi connectivity index (χ3n) is 3.00. The maximum absolute atomic E-state index is 5.66. The Morgan fingerprint density at radius 3 is 2.95 bits per heavy atom. The van der Waals surface area contributed by atoms with Crippen molar-refractivity contribution in [2.24, 2.45) is 0 Å². The molecule has 0 saturated carbocycles. The van der Waals surface area contributed by atoms with Gasteiger partial charge >= 0.3 is 0 Å². The second-order valence-electron chi connectivity index (χ2n) is 4.50. The molecule has 2 rings (SSSR count). The van der Waals surface area contributed by atoms with Crippen LogP contribution in [0.25, 0.3) is 11.1 Å². The summed E-state index contributed by atoms with van der Waals surface area (Å²) < 4.78 is 15.9. The highest BCUT2D eigenvalue weighted by Crippen LogP contribution is 2.21. The maximum Gasteiger partial charge on any atom is 0.209 e. The number of hydrogen-bond donors (Lipinski definition) is 1. The van der Waals surface area contributed by atoms with E-state index in [-0.39, 0.29) is 0 Å². The number of nitrogens with one attached hydrogen (secondary N) is 1. The third-order valence-corrected chi connectivity index (χ3v) is 3.00. The lowest BCUT2D eigenvalue weighted by Gasteiger charge is -2.10. The summed E-state index contributed by atoms with van der Waals surface area (Å²) >= 11 is 0. The lowest BCUT2D eigenvalue weighted by Crippen LogP contribution is -2.26. The molecule has 1 heterocycles. The fourth-order valence-electron chi connectivity index (χ4n) is 1.82. The summed E-state index contributed by atoms with van der Waals surface area (Å²) in [4.78, 5) is 4.43. The molecular formula is C14H20N2O3. The van der Waals surface area contributed by atoms with Crippen molar-refractivity contribution in [3.63, 3.8) is 0 Å². The van der Waals surface area contributed by atoms with Gasteiger partial charge in [0.1, 0.15) is 11.3 Å². The van der Waals surface area contributed by atoms with E-state index in [0.29, 0.717) is 18.5 Å². The van der Waals surface area contributed by atoms with Gasteiger partial charge in [0.15, 0.2) is 5.58 Å². The number of rotatable bonds is 7. The van der Waals surface area contributed by atoms with Gasteiger partial charge in [-0.25, -0.2) is 4.98 Å². The van der Waals surface area contributed by atoms with Crippen LogP contribution < -0.4 is 10.1 Å². The average Bonchev–Trinajstić information content (AvgIpc) is 2.84. The smallest absolute Gasteiger partial charge is 0.209 e. The Hall–Kier alpha value is -1.59. The van der Waals surface area contributed by atoms with Gasteiger partial charge in [-0.1, -0.05) is 0 Å². The van der Waals surface area contributed by atoms with Crippen LogP contribution in [0.4, 0.5) is 0 Å². The summed E-state index contributed by atoms with van der Waals surface area (Å²) in [5.74, 6) is 1.47. The highest BCUT2D eigenvalue weighted by atomic mass is 16.5. The van der Waals surface area contributed by atoms with E-state index in [2.05, 4.69) is 17.2 Å². The van der Waals surface area contributed by atoms with Gasteiger partial charge in [-0.2, -0.15) is 0 Å². The number of nitrogens with zero attached hydrogens (tertiary/aromatic N) is 1. The summed E-state index contributed by atoms with van der Waals surface area (Å²) in [6, 6.07) is 5.98. The molecular weight excluding hydrogens is 244 g/mol. The monoisotopic (exact) mass is 264 g/mol. The number of aromatic nitrogens is 1. The Balaban J connectivity index is 1.97. The van der Waals surface area contributed by atoms with Crippen molar-refractivity contribution in [2.45, 2.75) is 25.9 Å². The molecule has 0 bridgehead atoms. The standard InChI is InChI=1S/C14H20N2O3/c1-10(6-7-17-2)15-9-14-16-12-8-11(18-3)4-5-13(12)19-14/h4-5,8,10,15H,6-7,9H2,1-3H3. The molecule has 19 heavy (non-hydrogen) atoms. The third kappa shape index (κ3) is 3.68. The Labute approximate surface area is 112 Å². The molecule has 1 aromatic carbocycles. The van der Waals surface area contributed by atoms with Crippen LogP contribution in [0.2, 0.25) is 0 Å². The summed E-state index contributed by atoms with van der Waals surface area (Å²) in [7, 11) is 3.35. The van der Waals surface area contributed by atoms with Gasteiger partial charge in [-0.15, -0.1) is 0 Å². The molecule has 1 N–H and O–H groups in total. The molecule has 1 atom stereocenters.